The summed E-state index contributed by atoms with van der Waals surface area (Å²) in [7, 11) is 2.05. The smallest absolute Gasteiger partial charge is 0.237 e. The zero-order valence-corrected chi connectivity index (χ0v) is 13.9. The number of nitrogens with zero attached hydrogens (tertiary/aromatic N) is 1. The van der Waals surface area contributed by atoms with E-state index in [1.165, 1.54) is 5.56 Å². The number of hydrogen-bond donors (Lipinski definition) is 2. The fraction of sp³-hybridized carbons (Fsp3) is 0.588. The Labute approximate surface area is 128 Å². The van der Waals surface area contributed by atoms with Crippen LogP contribution < -0.4 is 11.1 Å². The van der Waals surface area contributed by atoms with Crippen LogP contribution in [0.3, 0.4) is 0 Å². The Bertz CT molecular complexity index is 439. The molecule has 0 saturated carbocycles. The van der Waals surface area contributed by atoms with E-state index in [9.17, 15) is 4.79 Å². The SMILES string of the molecule is CC(CN(C)Cc1ccccc1)NC(=O)[C@@H](N)C(C)(C)C. The molecule has 0 radical (unpaired) electrons. The van der Waals surface area contributed by atoms with Crippen LogP contribution in [0.2, 0.25) is 0 Å². The minimum absolute atomic E-state index is 0.0691. The predicted octanol–water partition coefficient (Wildman–Crippen LogP) is 2.00. The summed E-state index contributed by atoms with van der Waals surface area (Å²) in [6, 6.07) is 9.89. The maximum Gasteiger partial charge on any atom is 0.237 e. The van der Waals surface area contributed by atoms with Crippen molar-refractivity contribution in [1.29, 1.82) is 0 Å². The summed E-state index contributed by atoms with van der Waals surface area (Å²) in [6.07, 6.45) is 0. The Hall–Kier alpha value is -1.39. The lowest BCUT2D eigenvalue weighted by Crippen LogP contribution is -2.52. The molecule has 0 saturated heterocycles. The summed E-state index contributed by atoms with van der Waals surface area (Å²) >= 11 is 0. The van der Waals surface area contributed by atoms with Crippen molar-refractivity contribution >= 4 is 5.91 Å². The molecule has 4 heteroatoms. The van der Waals surface area contributed by atoms with Gasteiger partial charge in [-0.05, 0) is 24.9 Å². The lowest BCUT2D eigenvalue weighted by atomic mass is 9.87. The highest BCUT2D eigenvalue weighted by molar-refractivity contribution is 5.82. The Balaban J connectivity index is 2.43. The number of carbonyl (C=O) groups is 1. The third-order valence-corrected chi connectivity index (χ3v) is 3.48. The second-order valence-corrected chi connectivity index (χ2v) is 6.94. The Kier molecular flexibility index (Phi) is 6.37. The van der Waals surface area contributed by atoms with Crippen LogP contribution in [0.15, 0.2) is 30.3 Å². The van der Waals surface area contributed by atoms with Crippen molar-refractivity contribution < 1.29 is 4.79 Å². The summed E-state index contributed by atoms with van der Waals surface area (Å²) in [4.78, 5) is 14.3. The Morgan fingerprint density at radius 1 is 1.29 bits per heavy atom. The zero-order chi connectivity index (χ0) is 16.0. The van der Waals surface area contributed by atoms with E-state index in [0.717, 1.165) is 13.1 Å². The number of hydrogen-bond acceptors (Lipinski definition) is 3. The number of benzene rings is 1. The lowest BCUT2D eigenvalue weighted by Gasteiger charge is -2.28. The number of likely N-dealkylation sites (N-methyl/N-ethyl adjacent to an activating group) is 1. The minimum Gasteiger partial charge on any atom is -0.351 e. The normalized spacial score (nSPS) is 14.8. The maximum atomic E-state index is 12.1. The van der Waals surface area contributed by atoms with Crippen molar-refractivity contribution in [2.24, 2.45) is 11.1 Å². The third-order valence-electron chi connectivity index (χ3n) is 3.48. The molecule has 1 aromatic carbocycles. The molecule has 0 aliphatic carbocycles. The van der Waals surface area contributed by atoms with E-state index in [1.807, 2.05) is 45.9 Å². The van der Waals surface area contributed by atoms with Crippen molar-refractivity contribution in [2.75, 3.05) is 13.6 Å². The first-order valence-electron chi connectivity index (χ1n) is 7.48. The first-order valence-corrected chi connectivity index (χ1v) is 7.48. The average molecular weight is 291 g/mol. The second kappa shape index (κ2) is 7.57. The van der Waals surface area contributed by atoms with Crippen molar-refractivity contribution in [3.63, 3.8) is 0 Å². The van der Waals surface area contributed by atoms with Gasteiger partial charge in [-0.3, -0.25) is 4.79 Å². The van der Waals surface area contributed by atoms with E-state index in [1.54, 1.807) is 0 Å². The summed E-state index contributed by atoms with van der Waals surface area (Å²) in [5, 5.41) is 3.00. The van der Waals surface area contributed by atoms with Gasteiger partial charge < -0.3 is 16.0 Å². The molecular weight excluding hydrogens is 262 g/mol. The summed E-state index contributed by atoms with van der Waals surface area (Å²) in [5.41, 5.74) is 7.02. The summed E-state index contributed by atoms with van der Waals surface area (Å²) < 4.78 is 0. The molecule has 3 N–H and O–H groups in total. The van der Waals surface area contributed by atoms with Crippen LogP contribution in [0.4, 0.5) is 0 Å². The fourth-order valence-corrected chi connectivity index (χ4v) is 2.20. The van der Waals surface area contributed by atoms with Gasteiger partial charge in [-0.25, -0.2) is 0 Å². The van der Waals surface area contributed by atoms with Gasteiger partial charge in [0.05, 0.1) is 6.04 Å². The number of rotatable bonds is 6. The standard InChI is InChI=1S/C17H29N3O/c1-13(19-16(21)15(18)17(2,3)4)11-20(5)12-14-9-7-6-8-10-14/h6-10,13,15H,11-12,18H2,1-5H3,(H,19,21)/t13?,15-/m1/s1. The molecule has 0 heterocycles. The van der Waals surface area contributed by atoms with Crippen LogP contribution in [0, 0.1) is 5.41 Å². The molecule has 0 aliphatic rings. The van der Waals surface area contributed by atoms with Gasteiger partial charge >= 0.3 is 0 Å². The maximum absolute atomic E-state index is 12.1. The molecule has 21 heavy (non-hydrogen) atoms. The molecule has 0 aromatic heterocycles. The van der Waals surface area contributed by atoms with Crippen LogP contribution in [-0.2, 0) is 11.3 Å². The van der Waals surface area contributed by atoms with Crippen LogP contribution in [-0.4, -0.2) is 36.5 Å². The monoisotopic (exact) mass is 291 g/mol. The highest BCUT2D eigenvalue weighted by Crippen LogP contribution is 2.17. The molecule has 4 nitrogen and oxygen atoms in total. The molecule has 0 bridgehead atoms. The van der Waals surface area contributed by atoms with E-state index in [-0.39, 0.29) is 17.4 Å². The quantitative estimate of drug-likeness (QED) is 0.843. The largest absolute Gasteiger partial charge is 0.351 e. The van der Waals surface area contributed by atoms with Crippen molar-refractivity contribution in [2.45, 2.75) is 46.3 Å². The highest BCUT2D eigenvalue weighted by Gasteiger charge is 2.28. The van der Waals surface area contributed by atoms with E-state index in [4.69, 9.17) is 5.73 Å². The Morgan fingerprint density at radius 3 is 2.38 bits per heavy atom. The van der Waals surface area contributed by atoms with Gasteiger partial charge in [-0.15, -0.1) is 0 Å². The molecule has 0 aliphatic heterocycles. The van der Waals surface area contributed by atoms with E-state index in [0.29, 0.717) is 0 Å². The molecule has 118 valence electrons. The highest BCUT2D eigenvalue weighted by atomic mass is 16.2. The van der Waals surface area contributed by atoms with Gasteiger partial charge in [-0.1, -0.05) is 51.1 Å². The van der Waals surface area contributed by atoms with Crippen LogP contribution in [0.1, 0.15) is 33.3 Å². The van der Waals surface area contributed by atoms with Gasteiger partial charge in [0.25, 0.3) is 0 Å². The van der Waals surface area contributed by atoms with Crippen molar-refractivity contribution in [3.8, 4) is 0 Å². The molecule has 0 spiro atoms. The third kappa shape index (κ3) is 6.27. The van der Waals surface area contributed by atoms with Crippen LogP contribution in [0.25, 0.3) is 0 Å². The first kappa shape index (κ1) is 17.7. The Morgan fingerprint density at radius 2 is 1.86 bits per heavy atom. The summed E-state index contributed by atoms with van der Waals surface area (Å²) in [5.74, 6) is -0.0805. The van der Waals surface area contributed by atoms with Crippen LogP contribution >= 0.6 is 0 Å². The van der Waals surface area contributed by atoms with Gasteiger partial charge in [-0.2, -0.15) is 0 Å². The molecule has 1 rings (SSSR count). The van der Waals surface area contributed by atoms with Gasteiger partial charge in [0, 0.05) is 19.1 Å². The number of carbonyl (C=O) groups excluding carboxylic acids is 1. The molecule has 1 unspecified atom stereocenters. The molecule has 0 fully saturated rings. The number of nitrogens with one attached hydrogen (secondary N) is 1. The molecular formula is C17H29N3O. The fourth-order valence-electron chi connectivity index (χ4n) is 2.20. The summed E-state index contributed by atoms with van der Waals surface area (Å²) in [6.45, 7) is 9.59. The topological polar surface area (TPSA) is 58.4 Å². The number of amides is 1. The molecule has 1 amide bonds. The minimum atomic E-state index is -0.487. The van der Waals surface area contributed by atoms with Gasteiger partial charge in [0.1, 0.15) is 0 Å². The van der Waals surface area contributed by atoms with E-state index >= 15 is 0 Å². The molecule has 2 atom stereocenters. The van der Waals surface area contributed by atoms with Crippen LogP contribution in [0.5, 0.6) is 0 Å². The van der Waals surface area contributed by atoms with E-state index < -0.39 is 6.04 Å². The van der Waals surface area contributed by atoms with E-state index in [2.05, 4.69) is 29.4 Å². The first-order chi connectivity index (χ1) is 9.70. The average Bonchev–Trinajstić information content (AvgIpc) is 2.37. The predicted molar refractivity (Wildman–Crippen MR) is 87.8 cm³/mol. The lowest BCUT2D eigenvalue weighted by molar-refractivity contribution is -0.125. The second-order valence-electron chi connectivity index (χ2n) is 6.94. The van der Waals surface area contributed by atoms with Gasteiger partial charge in [0.15, 0.2) is 0 Å². The van der Waals surface area contributed by atoms with Gasteiger partial charge in [0.2, 0.25) is 5.91 Å². The van der Waals surface area contributed by atoms with Crippen molar-refractivity contribution in [3.05, 3.63) is 35.9 Å². The number of nitrogens with two attached hydrogens (primary N) is 1. The van der Waals surface area contributed by atoms with Crippen molar-refractivity contribution in [1.82, 2.24) is 10.2 Å². The zero-order valence-electron chi connectivity index (χ0n) is 13.9. The molecule has 1 aromatic rings.